The van der Waals surface area contributed by atoms with Crippen LogP contribution in [0.1, 0.15) is 11.4 Å². The fourth-order valence-electron chi connectivity index (χ4n) is 1.46. The molecule has 4 nitrogen and oxygen atoms in total. The molecule has 0 aliphatic carbocycles. The van der Waals surface area contributed by atoms with Crippen LogP contribution in [-0.2, 0) is 13.0 Å². The van der Waals surface area contributed by atoms with Crippen molar-refractivity contribution in [3.63, 3.8) is 0 Å². The highest BCUT2D eigenvalue weighted by Crippen LogP contribution is 2.13. The van der Waals surface area contributed by atoms with Crippen LogP contribution in [0.4, 0.5) is 0 Å². The zero-order valence-electron chi connectivity index (χ0n) is 9.74. The van der Waals surface area contributed by atoms with Crippen molar-refractivity contribution in [1.82, 2.24) is 9.97 Å². The molecule has 2 N–H and O–H groups in total. The van der Waals surface area contributed by atoms with Crippen LogP contribution >= 0.6 is 12.2 Å². The summed E-state index contributed by atoms with van der Waals surface area (Å²) in [6.45, 7) is 0.357. The largest absolute Gasteiger partial charge is 0.486 e. The normalized spacial score (nSPS) is 10.0. The van der Waals surface area contributed by atoms with Gasteiger partial charge < -0.3 is 10.5 Å². The highest BCUT2D eigenvalue weighted by molar-refractivity contribution is 7.80. The third kappa shape index (κ3) is 3.78. The molecule has 1 aromatic carbocycles. The van der Waals surface area contributed by atoms with Gasteiger partial charge in [-0.3, -0.25) is 0 Å². The van der Waals surface area contributed by atoms with Gasteiger partial charge in [-0.15, -0.1) is 0 Å². The lowest BCUT2D eigenvalue weighted by molar-refractivity contribution is 0.295. The number of rotatable bonds is 5. The summed E-state index contributed by atoms with van der Waals surface area (Å²) in [5, 5.41) is 0. The van der Waals surface area contributed by atoms with Crippen molar-refractivity contribution in [3.05, 3.63) is 54.1 Å². The van der Waals surface area contributed by atoms with E-state index in [1.54, 1.807) is 18.5 Å². The molecule has 0 bridgehead atoms. The summed E-state index contributed by atoms with van der Waals surface area (Å²) in [5.41, 5.74) is 6.56. The molecule has 2 rings (SSSR count). The molecule has 1 aromatic heterocycles. The molecule has 0 aliphatic heterocycles. The highest BCUT2D eigenvalue weighted by atomic mass is 32.1. The average Bonchev–Trinajstić information content (AvgIpc) is 2.38. The van der Waals surface area contributed by atoms with Crippen LogP contribution < -0.4 is 10.5 Å². The number of thiocarbonyl (C=S) groups is 1. The number of hydrogen-bond acceptors (Lipinski definition) is 4. The maximum absolute atomic E-state index is 5.56. The minimum Gasteiger partial charge on any atom is -0.486 e. The quantitative estimate of drug-likeness (QED) is 0.831. The summed E-state index contributed by atoms with van der Waals surface area (Å²) in [6.07, 6.45) is 3.99. The fourth-order valence-corrected chi connectivity index (χ4v) is 1.62. The molecular weight excluding hydrogens is 246 g/mol. The third-order valence-electron chi connectivity index (χ3n) is 2.29. The van der Waals surface area contributed by atoms with E-state index >= 15 is 0 Å². The first kappa shape index (κ1) is 12.4. The second-order valence-electron chi connectivity index (χ2n) is 3.74. The van der Waals surface area contributed by atoms with Gasteiger partial charge in [-0.25, -0.2) is 9.97 Å². The molecule has 2 aromatic rings. The molecule has 18 heavy (non-hydrogen) atoms. The topological polar surface area (TPSA) is 61.0 Å². The summed E-state index contributed by atoms with van der Waals surface area (Å²) >= 11 is 4.86. The highest BCUT2D eigenvalue weighted by Gasteiger charge is 1.99. The first-order valence-corrected chi connectivity index (χ1v) is 5.91. The lowest BCUT2D eigenvalue weighted by Gasteiger charge is -2.06. The SMILES string of the molecule is NC(=S)Cc1ccc(OCc2ncccn2)cc1. The van der Waals surface area contributed by atoms with Gasteiger partial charge in [-0.05, 0) is 23.8 Å². The Morgan fingerprint density at radius 3 is 2.44 bits per heavy atom. The second-order valence-corrected chi connectivity index (χ2v) is 4.27. The maximum Gasteiger partial charge on any atom is 0.166 e. The van der Waals surface area contributed by atoms with Crippen molar-refractivity contribution < 1.29 is 4.74 Å². The first-order chi connectivity index (χ1) is 8.74. The number of benzene rings is 1. The molecule has 0 atom stereocenters. The number of ether oxygens (including phenoxy) is 1. The molecule has 92 valence electrons. The van der Waals surface area contributed by atoms with Crippen LogP contribution in [0.5, 0.6) is 5.75 Å². The minimum absolute atomic E-state index is 0.357. The Balaban J connectivity index is 1.92. The fraction of sp³-hybridized carbons (Fsp3) is 0.154. The van der Waals surface area contributed by atoms with Crippen LogP contribution in [0, 0.1) is 0 Å². The van der Waals surface area contributed by atoms with Gasteiger partial charge in [0.15, 0.2) is 5.82 Å². The van der Waals surface area contributed by atoms with Crippen molar-refractivity contribution in [2.45, 2.75) is 13.0 Å². The first-order valence-electron chi connectivity index (χ1n) is 5.50. The predicted octanol–water partition coefficient (Wildman–Crippen LogP) is 1.88. The molecule has 0 radical (unpaired) electrons. The Kier molecular flexibility index (Phi) is 4.20. The van der Waals surface area contributed by atoms with Crippen LogP contribution in [0.2, 0.25) is 0 Å². The molecule has 0 amide bonds. The molecule has 0 saturated carbocycles. The van der Waals surface area contributed by atoms with E-state index in [2.05, 4.69) is 9.97 Å². The summed E-state index contributed by atoms with van der Waals surface area (Å²) in [7, 11) is 0. The van der Waals surface area contributed by atoms with E-state index in [1.165, 1.54) is 0 Å². The third-order valence-corrected chi connectivity index (χ3v) is 2.43. The monoisotopic (exact) mass is 259 g/mol. The van der Waals surface area contributed by atoms with E-state index in [-0.39, 0.29) is 0 Å². The summed E-state index contributed by atoms with van der Waals surface area (Å²) in [6, 6.07) is 9.43. The van der Waals surface area contributed by atoms with Crippen LogP contribution in [0.15, 0.2) is 42.7 Å². The predicted molar refractivity (Wildman–Crippen MR) is 73.3 cm³/mol. The van der Waals surface area contributed by atoms with Gasteiger partial charge in [-0.1, -0.05) is 24.4 Å². The molecule has 0 spiro atoms. The van der Waals surface area contributed by atoms with Crippen LogP contribution in [0.25, 0.3) is 0 Å². The van der Waals surface area contributed by atoms with E-state index in [0.29, 0.717) is 23.8 Å². The van der Waals surface area contributed by atoms with Crippen LogP contribution in [0.3, 0.4) is 0 Å². The van der Waals surface area contributed by atoms with Crippen molar-refractivity contribution in [3.8, 4) is 5.75 Å². The van der Waals surface area contributed by atoms with E-state index in [4.69, 9.17) is 22.7 Å². The average molecular weight is 259 g/mol. The molecule has 0 saturated heterocycles. The Hall–Kier alpha value is -2.01. The zero-order chi connectivity index (χ0) is 12.8. The zero-order valence-corrected chi connectivity index (χ0v) is 10.6. The van der Waals surface area contributed by atoms with Gasteiger partial charge in [0.25, 0.3) is 0 Å². The Bertz CT molecular complexity index is 514. The lowest BCUT2D eigenvalue weighted by atomic mass is 10.1. The molecule has 0 fully saturated rings. The molecule has 0 aliphatic rings. The van der Waals surface area contributed by atoms with Crippen molar-refractivity contribution in [2.24, 2.45) is 5.73 Å². The molecule has 5 heteroatoms. The molecule has 1 heterocycles. The van der Waals surface area contributed by atoms with Crippen molar-refractivity contribution in [1.29, 1.82) is 0 Å². The van der Waals surface area contributed by atoms with Gasteiger partial charge in [0.05, 0.1) is 4.99 Å². The number of nitrogens with two attached hydrogens (primary N) is 1. The molecule has 0 unspecified atom stereocenters. The van der Waals surface area contributed by atoms with Gasteiger partial charge in [0.1, 0.15) is 12.4 Å². The van der Waals surface area contributed by atoms with E-state index in [0.717, 1.165) is 11.3 Å². The Labute approximate surface area is 111 Å². The summed E-state index contributed by atoms with van der Waals surface area (Å²) in [5.74, 6) is 1.43. The van der Waals surface area contributed by atoms with Gasteiger partial charge >= 0.3 is 0 Å². The lowest BCUT2D eigenvalue weighted by Crippen LogP contribution is -2.10. The summed E-state index contributed by atoms with van der Waals surface area (Å²) in [4.78, 5) is 8.65. The Morgan fingerprint density at radius 2 is 1.83 bits per heavy atom. The van der Waals surface area contributed by atoms with E-state index in [9.17, 15) is 0 Å². The minimum atomic E-state index is 0.357. The van der Waals surface area contributed by atoms with Crippen molar-refractivity contribution >= 4 is 17.2 Å². The molecular formula is C13H13N3OS. The number of aromatic nitrogens is 2. The number of nitrogens with zero attached hydrogens (tertiary/aromatic N) is 2. The maximum atomic E-state index is 5.56. The standard InChI is InChI=1S/C13H13N3OS/c14-12(18)8-10-2-4-11(5-3-10)17-9-13-15-6-1-7-16-13/h1-7H,8-9H2,(H2,14,18). The van der Waals surface area contributed by atoms with Gasteiger partial charge in [-0.2, -0.15) is 0 Å². The van der Waals surface area contributed by atoms with Gasteiger partial charge in [0.2, 0.25) is 0 Å². The summed E-state index contributed by atoms with van der Waals surface area (Å²) < 4.78 is 5.56. The smallest absolute Gasteiger partial charge is 0.166 e. The second kappa shape index (κ2) is 6.07. The number of hydrogen-bond donors (Lipinski definition) is 1. The van der Waals surface area contributed by atoms with Crippen molar-refractivity contribution in [2.75, 3.05) is 0 Å². The Morgan fingerprint density at radius 1 is 1.17 bits per heavy atom. The van der Waals surface area contributed by atoms with E-state index < -0.39 is 0 Å². The van der Waals surface area contributed by atoms with E-state index in [1.807, 2.05) is 24.3 Å². The van der Waals surface area contributed by atoms with Gasteiger partial charge in [0, 0.05) is 18.8 Å². The van der Waals surface area contributed by atoms with Crippen LogP contribution in [-0.4, -0.2) is 15.0 Å².